The molecule has 0 heterocycles. The molecule has 0 aliphatic rings. The Bertz CT molecular complexity index is 982. The van der Waals surface area contributed by atoms with Crippen LogP contribution in [0.25, 0.3) is 6.08 Å². The molecule has 0 fully saturated rings. The molecule has 0 aromatic heterocycles. The van der Waals surface area contributed by atoms with Gasteiger partial charge in [-0.1, -0.05) is 42.5 Å². The molecule has 3 aromatic rings. The highest BCUT2D eigenvalue weighted by Gasteiger charge is 2.12. The Morgan fingerprint density at radius 1 is 0.926 bits per heavy atom. The van der Waals surface area contributed by atoms with Gasteiger partial charge in [0.05, 0.1) is 11.3 Å². The summed E-state index contributed by atoms with van der Waals surface area (Å²) in [6.07, 6.45) is 1.61. The van der Waals surface area contributed by atoms with E-state index in [-0.39, 0.29) is 5.91 Å². The Hall–Kier alpha value is -3.37. The van der Waals surface area contributed by atoms with Crippen molar-refractivity contribution in [1.82, 2.24) is 0 Å². The number of anilines is 1. The summed E-state index contributed by atoms with van der Waals surface area (Å²) in [5, 5.41) is 3.36. The van der Waals surface area contributed by atoms with Gasteiger partial charge in [-0.2, -0.15) is 0 Å². The topological polar surface area (TPSA) is 55.4 Å². The third-order valence-corrected chi connectivity index (χ3v) is 4.07. The predicted octanol–water partition coefficient (Wildman–Crippen LogP) is 5.45. The van der Waals surface area contributed by atoms with E-state index in [0.29, 0.717) is 33.1 Å². The number of amides is 1. The maximum absolute atomic E-state index is 12.5. The van der Waals surface area contributed by atoms with Crippen molar-refractivity contribution in [3.8, 4) is 5.75 Å². The molecule has 1 N–H and O–H groups in total. The lowest BCUT2D eigenvalue weighted by Crippen LogP contribution is -2.13. The van der Waals surface area contributed by atoms with Gasteiger partial charge in [0, 0.05) is 16.7 Å². The van der Waals surface area contributed by atoms with E-state index in [1.165, 1.54) is 0 Å². The molecular formula is C22H16ClNO3. The molecule has 27 heavy (non-hydrogen) atoms. The van der Waals surface area contributed by atoms with Crippen LogP contribution in [0.15, 0.2) is 79.4 Å². The molecule has 0 radical (unpaired) electrons. The van der Waals surface area contributed by atoms with Crippen molar-refractivity contribution in [2.24, 2.45) is 0 Å². The van der Waals surface area contributed by atoms with Crippen LogP contribution in [-0.2, 0) is 0 Å². The zero-order valence-electron chi connectivity index (χ0n) is 14.3. The number of carbonyl (C=O) groups is 2. The van der Waals surface area contributed by atoms with E-state index in [4.69, 9.17) is 16.3 Å². The first-order valence-corrected chi connectivity index (χ1v) is 8.55. The summed E-state index contributed by atoms with van der Waals surface area (Å²) in [6, 6.07) is 20.2. The summed E-state index contributed by atoms with van der Waals surface area (Å²) in [5.74, 6) is -0.459. The van der Waals surface area contributed by atoms with Crippen molar-refractivity contribution in [3.63, 3.8) is 0 Å². The normalized spacial score (nSPS) is 10.1. The molecule has 3 aromatic carbocycles. The fourth-order valence-corrected chi connectivity index (χ4v) is 2.55. The molecule has 0 atom stereocenters. The smallest absolute Gasteiger partial charge is 0.343 e. The molecule has 1 amide bonds. The summed E-state index contributed by atoms with van der Waals surface area (Å²) in [4.78, 5) is 24.7. The van der Waals surface area contributed by atoms with Gasteiger partial charge in [0.25, 0.3) is 5.91 Å². The largest absolute Gasteiger partial charge is 0.423 e. The second-order valence-corrected chi connectivity index (χ2v) is 6.11. The summed E-state index contributed by atoms with van der Waals surface area (Å²) >= 11 is 5.85. The number of esters is 1. The monoisotopic (exact) mass is 377 g/mol. The van der Waals surface area contributed by atoms with Crippen LogP contribution in [0.1, 0.15) is 26.3 Å². The van der Waals surface area contributed by atoms with Crippen LogP contribution < -0.4 is 10.1 Å². The van der Waals surface area contributed by atoms with Crippen molar-refractivity contribution < 1.29 is 14.3 Å². The highest BCUT2D eigenvalue weighted by atomic mass is 35.5. The summed E-state index contributed by atoms with van der Waals surface area (Å²) in [7, 11) is 0. The second kappa shape index (κ2) is 8.34. The van der Waals surface area contributed by atoms with Crippen molar-refractivity contribution in [2.75, 3.05) is 5.32 Å². The van der Waals surface area contributed by atoms with Gasteiger partial charge < -0.3 is 10.1 Å². The fourth-order valence-electron chi connectivity index (χ4n) is 2.42. The Balaban J connectivity index is 1.81. The van der Waals surface area contributed by atoms with Gasteiger partial charge in [-0.05, 0) is 54.1 Å². The third-order valence-electron chi connectivity index (χ3n) is 3.82. The third kappa shape index (κ3) is 4.63. The number of hydrogen-bond acceptors (Lipinski definition) is 3. The van der Waals surface area contributed by atoms with Crippen LogP contribution in [0.2, 0.25) is 5.02 Å². The van der Waals surface area contributed by atoms with Crippen LogP contribution in [-0.4, -0.2) is 11.9 Å². The van der Waals surface area contributed by atoms with E-state index < -0.39 is 5.97 Å². The minimum absolute atomic E-state index is 0.304. The van der Waals surface area contributed by atoms with E-state index in [9.17, 15) is 9.59 Å². The number of nitrogens with one attached hydrogen (secondary N) is 1. The minimum Gasteiger partial charge on any atom is -0.423 e. The number of halogens is 1. The van der Waals surface area contributed by atoms with Crippen LogP contribution in [0.4, 0.5) is 5.69 Å². The van der Waals surface area contributed by atoms with Gasteiger partial charge in [0.1, 0.15) is 5.75 Å². The zero-order chi connectivity index (χ0) is 19.2. The van der Waals surface area contributed by atoms with Crippen molar-refractivity contribution >= 4 is 35.2 Å². The van der Waals surface area contributed by atoms with Crippen molar-refractivity contribution in [1.29, 1.82) is 0 Å². The molecule has 0 saturated heterocycles. The number of ether oxygens (including phenoxy) is 1. The van der Waals surface area contributed by atoms with Crippen LogP contribution >= 0.6 is 11.6 Å². The maximum Gasteiger partial charge on any atom is 0.343 e. The molecule has 134 valence electrons. The first kappa shape index (κ1) is 18.4. The Labute approximate surface area is 162 Å². The van der Waals surface area contributed by atoms with E-state index in [1.807, 2.05) is 6.07 Å². The van der Waals surface area contributed by atoms with E-state index in [0.717, 1.165) is 0 Å². The molecule has 3 rings (SSSR count). The second-order valence-electron chi connectivity index (χ2n) is 5.67. The van der Waals surface area contributed by atoms with E-state index >= 15 is 0 Å². The Morgan fingerprint density at radius 2 is 1.63 bits per heavy atom. The lowest BCUT2D eigenvalue weighted by atomic mass is 10.1. The molecular weight excluding hydrogens is 362 g/mol. The molecule has 4 nitrogen and oxygen atoms in total. The maximum atomic E-state index is 12.5. The standard InChI is InChI=1S/C22H16ClNO3/c1-2-15-10-13-19(27-22(26)17-6-4-3-5-7-17)14-20(15)24-21(25)16-8-11-18(23)12-9-16/h2-14H,1H2,(H,24,25). The molecule has 0 spiro atoms. The summed E-state index contributed by atoms with van der Waals surface area (Å²) in [5.41, 5.74) is 2.10. The van der Waals surface area contributed by atoms with Crippen molar-refractivity contribution in [2.45, 2.75) is 0 Å². The van der Waals surface area contributed by atoms with Crippen LogP contribution in [0.5, 0.6) is 5.75 Å². The first-order valence-electron chi connectivity index (χ1n) is 8.17. The molecule has 0 unspecified atom stereocenters. The number of rotatable bonds is 5. The number of carbonyl (C=O) groups excluding carboxylic acids is 2. The highest BCUT2D eigenvalue weighted by molar-refractivity contribution is 6.30. The SMILES string of the molecule is C=Cc1ccc(OC(=O)c2ccccc2)cc1NC(=O)c1ccc(Cl)cc1. The summed E-state index contributed by atoms with van der Waals surface area (Å²) < 4.78 is 5.40. The van der Waals surface area contributed by atoms with Gasteiger partial charge in [-0.25, -0.2) is 4.79 Å². The predicted molar refractivity (Wildman–Crippen MR) is 107 cm³/mol. The Morgan fingerprint density at radius 3 is 2.30 bits per heavy atom. The average Bonchev–Trinajstić information content (AvgIpc) is 2.69. The van der Waals surface area contributed by atoms with Gasteiger partial charge in [0.2, 0.25) is 0 Å². The van der Waals surface area contributed by atoms with E-state index in [2.05, 4.69) is 11.9 Å². The molecule has 5 heteroatoms. The highest BCUT2D eigenvalue weighted by Crippen LogP contribution is 2.25. The van der Waals surface area contributed by atoms with Crippen molar-refractivity contribution in [3.05, 3.63) is 101 Å². The Kier molecular flexibility index (Phi) is 5.69. The molecule has 0 aliphatic heterocycles. The van der Waals surface area contributed by atoms with Crippen LogP contribution in [0, 0.1) is 0 Å². The average molecular weight is 378 g/mol. The number of benzene rings is 3. The molecule has 0 aliphatic carbocycles. The van der Waals surface area contributed by atoms with Gasteiger partial charge in [-0.3, -0.25) is 4.79 Å². The number of hydrogen-bond donors (Lipinski definition) is 1. The lowest BCUT2D eigenvalue weighted by Gasteiger charge is -2.11. The minimum atomic E-state index is -0.475. The van der Waals surface area contributed by atoms with Gasteiger partial charge >= 0.3 is 5.97 Å². The van der Waals surface area contributed by atoms with E-state index in [1.54, 1.807) is 72.8 Å². The quantitative estimate of drug-likeness (QED) is 0.475. The fraction of sp³-hybridized carbons (Fsp3) is 0. The van der Waals surface area contributed by atoms with Crippen LogP contribution in [0.3, 0.4) is 0 Å². The first-order chi connectivity index (χ1) is 13.1. The summed E-state index contributed by atoms with van der Waals surface area (Å²) in [6.45, 7) is 3.74. The van der Waals surface area contributed by atoms with Gasteiger partial charge in [-0.15, -0.1) is 0 Å². The lowest BCUT2D eigenvalue weighted by molar-refractivity contribution is 0.0735. The molecule has 0 bridgehead atoms. The molecule has 0 saturated carbocycles. The van der Waals surface area contributed by atoms with Gasteiger partial charge in [0.15, 0.2) is 0 Å². The zero-order valence-corrected chi connectivity index (χ0v) is 15.1.